The third kappa shape index (κ3) is 3.14. The molecule has 0 spiro atoms. The summed E-state index contributed by atoms with van der Waals surface area (Å²) in [5.74, 6) is -1.63. The van der Waals surface area contributed by atoms with Gasteiger partial charge in [-0.05, 0) is 30.7 Å². The maximum atomic E-state index is 14.0. The topological polar surface area (TPSA) is 49.4 Å². The number of aromatic nitrogens is 1. The van der Waals surface area contributed by atoms with E-state index in [0.29, 0.717) is 11.1 Å². The third-order valence-corrected chi connectivity index (χ3v) is 3.28. The van der Waals surface area contributed by atoms with Crippen LogP contribution in [0.3, 0.4) is 0 Å². The lowest BCUT2D eigenvalue weighted by atomic mass is 10.0. The summed E-state index contributed by atoms with van der Waals surface area (Å²) in [5, 5.41) is 1.70. The molecule has 2 aliphatic rings. The van der Waals surface area contributed by atoms with Gasteiger partial charge in [-0.25, -0.2) is 9.37 Å². The zero-order valence-corrected chi connectivity index (χ0v) is 11.9. The molecule has 5 nitrogen and oxygen atoms in total. The number of alkyl halides is 3. The molecule has 2 N–H and O–H groups in total. The number of allylic oxidation sites excluding steroid dienone is 3. The first-order chi connectivity index (χ1) is 10.8. The average Bonchev–Trinajstić information content (AvgIpc) is 2.95. The number of nitrogens with zero attached hydrogens (tertiary/aromatic N) is 2. The molecule has 1 aromatic rings. The molecule has 0 saturated heterocycles. The Kier molecular flexibility index (Phi) is 3.72. The molecule has 0 radical (unpaired) electrons. The lowest BCUT2D eigenvalue weighted by Gasteiger charge is -2.20. The highest BCUT2D eigenvalue weighted by molar-refractivity contribution is 5.77. The van der Waals surface area contributed by atoms with Gasteiger partial charge in [0, 0.05) is 24.2 Å². The maximum absolute atomic E-state index is 14.0. The molecule has 0 amide bonds. The Hall–Kier alpha value is -2.55. The quantitative estimate of drug-likeness (QED) is 0.836. The number of pyridine rings is 1. The van der Waals surface area contributed by atoms with Gasteiger partial charge in [-0.15, -0.1) is 5.53 Å². The molecule has 1 aromatic heterocycles. The normalized spacial score (nSPS) is 18.0. The first-order valence-corrected chi connectivity index (χ1v) is 6.64. The molecule has 0 saturated carbocycles. The van der Waals surface area contributed by atoms with Gasteiger partial charge < -0.3 is 10.2 Å². The number of hydrogen-bond donors (Lipinski definition) is 2. The van der Waals surface area contributed by atoms with Crippen LogP contribution < -0.4 is 15.7 Å². The van der Waals surface area contributed by atoms with Crippen LogP contribution in [0.25, 0.3) is 5.57 Å². The van der Waals surface area contributed by atoms with Gasteiger partial charge in [0.2, 0.25) is 0 Å². The number of hydrazine groups is 2. The van der Waals surface area contributed by atoms with Crippen molar-refractivity contribution >= 4 is 5.57 Å². The van der Waals surface area contributed by atoms with E-state index in [1.165, 1.54) is 6.20 Å². The number of halogens is 4. The van der Waals surface area contributed by atoms with Gasteiger partial charge in [-0.2, -0.15) is 13.2 Å². The van der Waals surface area contributed by atoms with Gasteiger partial charge in [0.05, 0.1) is 5.70 Å². The van der Waals surface area contributed by atoms with E-state index in [2.05, 4.69) is 20.7 Å². The molecule has 1 unspecified atom stereocenters. The fraction of sp³-hybridized carbons (Fsp3) is 0.214. The summed E-state index contributed by atoms with van der Waals surface area (Å²) >= 11 is 0. The number of fused-ring (bicyclic) bond motifs is 1. The van der Waals surface area contributed by atoms with Crippen LogP contribution >= 0.6 is 0 Å². The fourth-order valence-electron chi connectivity index (χ4n) is 1.99. The lowest BCUT2D eigenvalue weighted by Crippen LogP contribution is -2.33. The molecule has 0 fully saturated rings. The van der Waals surface area contributed by atoms with Crippen molar-refractivity contribution in [1.82, 2.24) is 21.0 Å². The maximum Gasteiger partial charge on any atom is 0.425 e. The summed E-state index contributed by atoms with van der Waals surface area (Å²) in [6, 6.07) is 1.09. The van der Waals surface area contributed by atoms with Gasteiger partial charge >= 0.3 is 6.18 Å². The van der Waals surface area contributed by atoms with Crippen molar-refractivity contribution in [3.05, 3.63) is 53.9 Å². The Morgan fingerprint density at radius 2 is 2.13 bits per heavy atom. The SMILES string of the molecule is CC(Oc1ncc(C2=CC3=CNNN3C=C2)cc1F)C(F)(F)F. The van der Waals surface area contributed by atoms with Crippen LogP contribution in [0.15, 0.2) is 42.5 Å². The molecular weight excluding hydrogens is 316 g/mol. The van der Waals surface area contributed by atoms with Crippen molar-refractivity contribution in [2.75, 3.05) is 0 Å². The van der Waals surface area contributed by atoms with E-state index in [9.17, 15) is 17.6 Å². The Labute approximate surface area is 128 Å². The zero-order chi connectivity index (χ0) is 16.6. The van der Waals surface area contributed by atoms with Crippen molar-refractivity contribution in [3.63, 3.8) is 0 Å². The van der Waals surface area contributed by atoms with Gasteiger partial charge in [0.25, 0.3) is 5.88 Å². The van der Waals surface area contributed by atoms with Crippen molar-refractivity contribution in [3.8, 4) is 5.88 Å². The number of hydrogen-bond acceptors (Lipinski definition) is 5. The Balaban J connectivity index is 1.81. The van der Waals surface area contributed by atoms with Crippen LogP contribution in [0, 0.1) is 5.82 Å². The minimum absolute atomic E-state index is 0.429. The molecule has 9 heteroatoms. The molecule has 3 heterocycles. The number of ether oxygens (including phenoxy) is 1. The molecule has 0 bridgehead atoms. The van der Waals surface area contributed by atoms with Crippen molar-refractivity contribution in [2.24, 2.45) is 0 Å². The van der Waals surface area contributed by atoms with E-state index in [4.69, 9.17) is 0 Å². The van der Waals surface area contributed by atoms with E-state index in [1.807, 2.05) is 0 Å². The Bertz CT molecular complexity index is 711. The molecule has 122 valence electrons. The van der Waals surface area contributed by atoms with Crippen LogP contribution in [0.2, 0.25) is 0 Å². The number of rotatable bonds is 3. The molecule has 0 aliphatic carbocycles. The van der Waals surface area contributed by atoms with Gasteiger partial charge in [-0.1, -0.05) is 0 Å². The monoisotopic (exact) mass is 328 g/mol. The van der Waals surface area contributed by atoms with Gasteiger partial charge in [0.15, 0.2) is 11.9 Å². The van der Waals surface area contributed by atoms with Crippen LogP contribution in [0.1, 0.15) is 12.5 Å². The highest BCUT2D eigenvalue weighted by Gasteiger charge is 2.38. The van der Waals surface area contributed by atoms with E-state index in [-0.39, 0.29) is 0 Å². The minimum atomic E-state index is -4.58. The highest BCUT2D eigenvalue weighted by Crippen LogP contribution is 2.29. The molecule has 3 rings (SSSR count). The summed E-state index contributed by atoms with van der Waals surface area (Å²) in [6.45, 7) is 0.794. The van der Waals surface area contributed by atoms with Crippen LogP contribution in [-0.2, 0) is 0 Å². The second-order valence-corrected chi connectivity index (χ2v) is 4.92. The summed E-state index contributed by atoms with van der Waals surface area (Å²) in [6.07, 6.45) is 1.45. The predicted octanol–water partition coefficient (Wildman–Crippen LogP) is 2.63. The average molecular weight is 328 g/mol. The number of nitrogens with one attached hydrogen (secondary N) is 2. The van der Waals surface area contributed by atoms with Crippen molar-refractivity contribution in [1.29, 1.82) is 0 Å². The summed E-state index contributed by atoms with van der Waals surface area (Å²) in [5.41, 5.74) is 7.52. The molecule has 0 aromatic carbocycles. The second kappa shape index (κ2) is 5.58. The zero-order valence-electron chi connectivity index (χ0n) is 11.9. The lowest BCUT2D eigenvalue weighted by molar-refractivity contribution is -0.190. The fourth-order valence-corrected chi connectivity index (χ4v) is 1.99. The standard InChI is InChI=1S/C14H12F4N4O/c1-8(14(16,17)18)23-13-12(15)5-10(6-19-13)9-2-3-22-11(4-9)7-20-21-22/h2-8,20-21H,1H3. The molecule has 2 aliphatic heterocycles. The molecular formula is C14H12F4N4O. The van der Waals surface area contributed by atoms with Gasteiger partial charge in [0.1, 0.15) is 0 Å². The van der Waals surface area contributed by atoms with E-state index < -0.39 is 24.0 Å². The van der Waals surface area contributed by atoms with E-state index in [0.717, 1.165) is 18.7 Å². The smallest absolute Gasteiger partial charge is 0.425 e. The second-order valence-electron chi connectivity index (χ2n) is 4.92. The highest BCUT2D eigenvalue weighted by atomic mass is 19.4. The van der Waals surface area contributed by atoms with E-state index >= 15 is 0 Å². The largest absolute Gasteiger partial charge is 0.463 e. The summed E-state index contributed by atoms with van der Waals surface area (Å²) in [4.78, 5) is 3.66. The summed E-state index contributed by atoms with van der Waals surface area (Å²) in [7, 11) is 0. The minimum Gasteiger partial charge on any atom is -0.463 e. The molecule has 23 heavy (non-hydrogen) atoms. The predicted molar refractivity (Wildman–Crippen MR) is 73.7 cm³/mol. The Morgan fingerprint density at radius 3 is 2.83 bits per heavy atom. The van der Waals surface area contributed by atoms with Crippen LogP contribution in [0.5, 0.6) is 5.88 Å². The van der Waals surface area contributed by atoms with E-state index in [1.54, 1.807) is 29.6 Å². The molecule has 1 atom stereocenters. The first-order valence-electron chi connectivity index (χ1n) is 6.64. The Morgan fingerprint density at radius 1 is 1.35 bits per heavy atom. The summed E-state index contributed by atoms with van der Waals surface area (Å²) < 4.78 is 55.8. The van der Waals surface area contributed by atoms with Crippen molar-refractivity contribution < 1.29 is 22.3 Å². The van der Waals surface area contributed by atoms with Gasteiger partial charge in [-0.3, -0.25) is 5.01 Å². The third-order valence-electron chi connectivity index (χ3n) is 3.28. The van der Waals surface area contributed by atoms with Crippen molar-refractivity contribution in [2.45, 2.75) is 19.2 Å². The van der Waals surface area contributed by atoms with Crippen LogP contribution in [-0.4, -0.2) is 22.3 Å². The van der Waals surface area contributed by atoms with Crippen LogP contribution in [0.4, 0.5) is 17.6 Å². The first kappa shape index (κ1) is 15.3.